The molecule has 0 radical (unpaired) electrons. The Balaban J connectivity index is 1.51. The Bertz CT molecular complexity index is 1290. The second-order valence-corrected chi connectivity index (χ2v) is 12.7. The van der Waals surface area contributed by atoms with Gasteiger partial charge in [0.15, 0.2) is 0 Å². The predicted molar refractivity (Wildman–Crippen MR) is 149 cm³/mol. The second-order valence-electron chi connectivity index (χ2n) is 7.57. The summed E-state index contributed by atoms with van der Waals surface area (Å²) in [6.45, 7) is 1.23. The zero-order valence-corrected chi connectivity index (χ0v) is 21.8. The molecule has 4 N–H and O–H groups in total. The molecular formula is C25H23FN2S5. The van der Waals surface area contributed by atoms with E-state index in [-0.39, 0.29) is 0 Å². The van der Waals surface area contributed by atoms with Gasteiger partial charge in [-0.15, -0.1) is 45.3 Å². The third-order valence-electron chi connectivity index (χ3n) is 5.27. The third-order valence-corrected chi connectivity index (χ3v) is 11.2. The Hall–Kier alpha value is -1.52. The van der Waals surface area contributed by atoms with Gasteiger partial charge in [-0.3, -0.25) is 0 Å². The number of hydrogen-bond acceptors (Lipinski definition) is 7. The number of thioether (sulfide) groups is 1. The van der Waals surface area contributed by atoms with E-state index < -0.39 is 6.17 Å². The third kappa shape index (κ3) is 4.98. The van der Waals surface area contributed by atoms with Crippen LogP contribution in [0.5, 0.6) is 0 Å². The van der Waals surface area contributed by atoms with Gasteiger partial charge in [-0.05, 0) is 90.3 Å². The first-order chi connectivity index (χ1) is 16.2. The Labute approximate surface area is 213 Å². The molecule has 0 amide bonds. The summed E-state index contributed by atoms with van der Waals surface area (Å²) in [5.41, 5.74) is 14.4. The van der Waals surface area contributed by atoms with Crippen molar-refractivity contribution in [3.63, 3.8) is 0 Å². The fraction of sp³-hybridized carbons (Fsp3) is 0.200. The molecule has 4 aromatic heterocycles. The van der Waals surface area contributed by atoms with Crippen LogP contribution in [-0.2, 0) is 12.8 Å². The van der Waals surface area contributed by atoms with Gasteiger partial charge < -0.3 is 11.5 Å². The molecule has 0 spiro atoms. The fourth-order valence-electron chi connectivity index (χ4n) is 3.77. The van der Waals surface area contributed by atoms with Gasteiger partial charge in [0.1, 0.15) is 6.17 Å². The number of rotatable bonds is 8. The molecule has 0 aromatic carbocycles. The molecule has 2 nitrogen and oxygen atoms in total. The van der Waals surface area contributed by atoms with E-state index in [9.17, 15) is 4.39 Å². The van der Waals surface area contributed by atoms with Crippen LogP contribution < -0.4 is 11.5 Å². The Morgan fingerprint density at radius 1 is 0.788 bits per heavy atom. The van der Waals surface area contributed by atoms with Crippen LogP contribution in [0, 0.1) is 0 Å². The van der Waals surface area contributed by atoms with E-state index >= 15 is 0 Å². The molecule has 0 bridgehead atoms. The molecule has 1 unspecified atom stereocenters. The van der Waals surface area contributed by atoms with Crippen molar-refractivity contribution in [2.75, 3.05) is 13.1 Å². The minimum absolute atomic E-state index is 0.592. The van der Waals surface area contributed by atoms with E-state index in [1.54, 1.807) is 46.6 Å². The molecule has 4 aromatic rings. The molecule has 5 rings (SSSR count). The maximum absolute atomic E-state index is 13.9. The highest BCUT2D eigenvalue weighted by Gasteiger charge is 2.19. The van der Waals surface area contributed by atoms with Crippen molar-refractivity contribution < 1.29 is 4.39 Å². The highest BCUT2D eigenvalue weighted by atomic mass is 32.2. The average molecular weight is 531 g/mol. The molecule has 5 heterocycles. The van der Waals surface area contributed by atoms with E-state index in [1.165, 1.54) is 40.4 Å². The van der Waals surface area contributed by atoms with E-state index in [2.05, 4.69) is 41.8 Å². The lowest BCUT2D eigenvalue weighted by atomic mass is 10.1. The van der Waals surface area contributed by atoms with Crippen LogP contribution in [0.4, 0.5) is 4.39 Å². The number of halogens is 1. The number of hydrogen-bond donors (Lipinski definition) is 2. The molecule has 0 saturated carbocycles. The van der Waals surface area contributed by atoms with Crippen LogP contribution in [0.2, 0.25) is 0 Å². The minimum Gasteiger partial charge on any atom is -0.330 e. The Kier molecular flexibility index (Phi) is 7.32. The average Bonchev–Trinajstić information content (AvgIpc) is 3.59. The van der Waals surface area contributed by atoms with Crippen molar-refractivity contribution in [3.05, 3.63) is 75.3 Å². The molecule has 1 aliphatic heterocycles. The topological polar surface area (TPSA) is 52.0 Å². The maximum Gasteiger partial charge on any atom is 0.139 e. The fourth-order valence-corrected chi connectivity index (χ4v) is 9.26. The largest absolute Gasteiger partial charge is 0.330 e. The highest BCUT2D eigenvalue weighted by Crippen LogP contribution is 2.47. The molecule has 170 valence electrons. The van der Waals surface area contributed by atoms with Crippen LogP contribution in [-0.4, -0.2) is 19.3 Å². The summed E-state index contributed by atoms with van der Waals surface area (Å²) in [5.74, 6) is 0. The number of thiophene rings is 4. The summed E-state index contributed by atoms with van der Waals surface area (Å²) in [6, 6.07) is 13.2. The summed E-state index contributed by atoms with van der Waals surface area (Å²) in [4.78, 5) is 9.77. The Morgan fingerprint density at radius 3 is 2.06 bits per heavy atom. The van der Waals surface area contributed by atoms with Crippen molar-refractivity contribution >= 4 is 62.0 Å². The van der Waals surface area contributed by atoms with Crippen LogP contribution in [0.3, 0.4) is 0 Å². The van der Waals surface area contributed by atoms with Crippen molar-refractivity contribution in [2.24, 2.45) is 11.5 Å². The number of alkyl halides is 1. The lowest BCUT2D eigenvalue weighted by Gasteiger charge is -2.07. The van der Waals surface area contributed by atoms with Gasteiger partial charge >= 0.3 is 0 Å². The van der Waals surface area contributed by atoms with E-state index in [0.29, 0.717) is 13.1 Å². The first-order valence-electron chi connectivity index (χ1n) is 10.7. The summed E-state index contributed by atoms with van der Waals surface area (Å²) < 4.78 is 13.9. The van der Waals surface area contributed by atoms with Crippen LogP contribution >= 0.6 is 57.1 Å². The zero-order valence-electron chi connectivity index (χ0n) is 17.8. The molecule has 1 aliphatic rings. The lowest BCUT2D eigenvalue weighted by molar-refractivity contribution is 0.470. The van der Waals surface area contributed by atoms with Gasteiger partial charge in [-0.1, -0.05) is 17.8 Å². The van der Waals surface area contributed by atoms with Gasteiger partial charge in [0.25, 0.3) is 0 Å². The molecule has 0 aliphatic carbocycles. The van der Waals surface area contributed by atoms with Crippen molar-refractivity contribution in [3.8, 4) is 29.3 Å². The van der Waals surface area contributed by atoms with E-state index in [1.807, 2.05) is 28.1 Å². The van der Waals surface area contributed by atoms with Gasteiger partial charge in [-0.25, -0.2) is 4.39 Å². The first kappa shape index (κ1) is 23.2. The first-order valence-corrected chi connectivity index (χ1v) is 14.9. The molecule has 1 atom stereocenters. The molecule has 0 fully saturated rings. The normalized spacial score (nSPS) is 15.8. The predicted octanol–water partition coefficient (Wildman–Crippen LogP) is 7.88. The van der Waals surface area contributed by atoms with Crippen molar-refractivity contribution in [2.45, 2.75) is 19.0 Å². The molecular weight excluding hydrogens is 508 g/mol. The van der Waals surface area contributed by atoms with Crippen LogP contribution in [0.1, 0.15) is 16.0 Å². The van der Waals surface area contributed by atoms with Crippen molar-refractivity contribution in [1.29, 1.82) is 0 Å². The van der Waals surface area contributed by atoms with Gasteiger partial charge in [0, 0.05) is 39.0 Å². The van der Waals surface area contributed by atoms with Crippen LogP contribution in [0.15, 0.2) is 59.3 Å². The second kappa shape index (κ2) is 10.4. The van der Waals surface area contributed by atoms with E-state index in [4.69, 9.17) is 11.5 Å². The van der Waals surface area contributed by atoms with Crippen LogP contribution in [0.25, 0.3) is 34.2 Å². The number of nitrogens with two attached hydrogens (primary N) is 2. The summed E-state index contributed by atoms with van der Waals surface area (Å²) in [6.07, 6.45) is 3.94. The molecule has 0 saturated heterocycles. The molecule has 8 heteroatoms. The van der Waals surface area contributed by atoms with Gasteiger partial charge in [-0.2, -0.15) is 0 Å². The Morgan fingerprint density at radius 2 is 1.45 bits per heavy atom. The lowest BCUT2D eigenvalue weighted by Crippen LogP contribution is -2.02. The minimum atomic E-state index is -1.02. The highest BCUT2D eigenvalue weighted by molar-refractivity contribution is 8.11. The van der Waals surface area contributed by atoms with Gasteiger partial charge in [0.05, 0.1) is 0 Å². The number of allylic oxidation sites excluding steroid dienone is 2. The smallest absolute Gasteiger partial charge is 0.139 e. The van der Waals surface area contributed by atoms with Gasteiger partial charge in [0.2, 0.25) is 0 Å². The van der Waals surface area contributed by atoms with E-state index in [0.717, 1.165) is 22.6 Å². The SMILES string of the molecule is NCCc1cc(C2=CC(F)C=CS2)sc1-c1ccc(-c2sc(-c3cccs3)cc2CCN)s1. The maximum atomic E-state index is 13.9. The summed E-state index contributed by atoms with van der Waals surface area (Å²) in [5, 5.41) is 3.96. The van der Waals surface area contributed by atoms with Crippen molar-refractivity contribution in [1.82, 2.24) is 0 Å². The molecule has 33 heavy (non-hydrogen) atoms. The summed E-state index contributed by atoms with van der Waals surface area (Å²) >= 11 is 8.76. The monoisotopic (exact) mass is 530 g/mol. The summed E-state index contributed by atoms with van der Waals surface area (Å²) in [7, 11) is 0. The quantitative estimate of drug-likeness (QED) is 0.244. The standard InChI is InChI=1S/C25H23FN2S5/c26-17-7-11-30-21(14-17)23-13-16(6-9-28)25(33-23)20-4-3-19(31-20)24-15(5-8-27)12-22(32-24)18-2-1-10-29-18/h1-4,7,10-14,17H,5-6,8-9,27-28H2. The zero-order chi connectivity index (χ0) is 22.8.